The van der Waals surface area contributed by atoms with Crippen LogP contribution in [0.2, 0.25) is 0 Å². The van der Waals surface area contributed by atoms with Crippen LogP contribution in [0.25, 0.3) is 27.4 Å². The van der Waals surface area contributed by atoms with Gasteiger partial charge < -0.3 is 4.57 Å². The van der Waals surface area contributed by atoms with E-state index >= 15 is 0 Å². The second kappa shape index (κ2) is 4.59. The van der Waals surface area contributed by atoms with Gasteiger partial charge in [0.25, 0.3) is 0 Å². The van der Waals surface area contributed by atoms with Crippen molar-refractivity contribution in [3.05, 3.63) is 70.7 Å². The normalized spacial score (nSPS) is 11.2. The molecule has 0 radical (unpaired) electrons. The van der Waals surface area contributed by atoms with Gasteiger partial charge in [0.2, 0.25) is 0 Å². The van der Waals surface area contributed by atoms with Crippen LogP contribution in [0, 0.1) is 3.57 Å². The molecular weight excluding hydrogens is 359 g/mol. The van der Waals surface area contributed by atoms with Gasteiger partial charge in [-0.05, 0) is 56.9 Å². The molecule has 0 aliphatic rings. The Morgan fingerprint density at radius 3 is 2.30 bits per heavy atom. The fourth-order valence-electron chi connectivity index (χ4n) is 2.46. The van der Waals surface area contributed by atoms with E-state index in [2.05, 4.69) is 93.1 Å². The number of aromatic nitrogens is 2. The molecule has 4 aromatic rings. The van der Waals surface area contributed by atoms with Crippen molar-refractivity contribution in [1.29, 1.82) is 0 Å². The topological polar surface area (TPSA) is 17.8 Å². The smallest absolute Gasteiger partial charge is 0.137 e. The van der Waals surface area contributed by atoms with Crippen molar-refractivity contribution in [1.82, 2.24) is 9.55 Å². The van der Waals surface area contributed by atoms with Crippen molar-refractivity contribution >= 4 is 44.1 Å². The van der Waals surface area contributed by atoms with Gasteiger partial charge in [-0.25, -0.2) is 4.98 Å². The monoisotopic (exact) mass is 370 g/mol. The van der Waals surface area contributed by atoms with E-state index in [-0.39, 0.29) is 0 Å². The number of rotatable bonds is 1. The van der Waals surface area contributed by atoms with Crippen LogP contribution in [-0.4, -0.2) is 9.55 Å². The van der Waals surface area contributed by atoms with E-state index in [1.165, 1.54) is 25.1 Å². The molecule has 0 atom stereocenters. The third-order valence-electron chi connectivity index (χ3n) is 3.49. The van der Waals surface area contributed by atoms with Crippen molar-refractivity contribution in [2.75, 3.05) is 0 Å². The maximum atomic E-state index is 4.56. The van der Waals surface area contributed by atoms with Crippen molar-refractivity contribution in [2.24, 2.45) is 0 Å². The molecule has 0 aliphatic heterocycles. The predicted molar refractivity (Wildman–Crippen MR) is 91.3 cm³/mol. The van der Waals surface area contributed by atoms with Gasteiger partial charge in [0.05, 0.1) is 0 Å². The van der Waals surface area contributed by atoms with Crippen LogP contribution in [0.15, 0.2) is 67.1 Å². The lowest BCUT2D eigenvalue weighted by molar-refractivity contribution is 1.02. The molecule has 0 fully saturated rings. The summed E-state index contributed by atoms with van der Waals surface area (Å²) in [6.45, 7) is 0. The van der Waals surface area contributed by atoms with Crippen LogP contribution in [0.1, 0.15) is 0 Å². The van der Waals surface area contributed by atoms with E-state index in [1.54, 1.807) is 0 Å². The quantitative estimate of drug-likeness (QED) is 0.441. The summed E-state index contributed by atoms with van der Waals surface area (Å²) >= 11 is 2.34. The Bertz CT molecular complexity index is 891. The van der Waals surface area contributed by atoms with Crippen LogP contribution < -0.4 is 0 Å². The summed E-state index contributed by atoms with van der Waals surface area (Å²) in [5, 5.41) is 4.86. The molecule has 0 saturated heterocycles. The largest absolute Gasteiger partial charge is 0.307 e. The maximum absolute atomic E-state index is 4.56. The molecule has 3 heteroatoms. The van der Waals surface area contributed by atoms with Gasteiger partial charge >= 0.3 is 0 Å². The fraction of sp³-hybridized carbons (Fsp3) is 0. The van der Waals surface area contributed by atoms with E-state index < -0.39 is 0 Å². The zero-order chi connectivity index (χ0) is 13.5. The van der Waals surface area contributed by atoms with Gasteiger partial charge in [-0.2, -0.15) is 0 Å². The molecular formula is C17H11IN2. The van der Waals surface area contributed by atoms with Crippen molar-refractivity contribution in [2.45, 2.75) is 0 Å². The van der Waals surface area contributed by atoms with Crippen molar-refractivity contribution < 1.29 is 0 Å². The van der Waals surface area contributed by atoms with E-state index in [4.69, 9.17) is 0 Å². The van der Waals surface area contributed by atoms with Gasteiger partial charge in [0.1, 0.15) is 5.82 Å². The minimum atomic E-state index is 0.954. The minimum Gasteiger partial charge on any atom is -0.307 e. The Hall–Kier alpha value is -1.88. The summed E-state index contributed by atoms with van der Waals surface area (Å²) in [6.07, 6.45) is 6.18. The third-order valence-corrected chi connectivity index (χ3v) is 4.16. The first kappa shape index (κ1) is 11.9. The Kier molecular flexibility index (Phi) is 2.73. The maximum Gasteiger partial charge on any atom is 0.137 e. The van der Waals surface area contributed by atoms with E-state index in [9.17, 15) is 0 Å². The Balaban J connectivity index is 1.92. The van der Waals surface area contributed by atoms with Crippen molar-refractivity contribution in [3.63, 3.8) is 0 Å². The molecule has 2 heterocycles. The molecule has 0 saturated carbocycles. The number of nitrogens with zero attached hydrogens (tertiary/aromatic N) is 2. The molecule has 2 nitrogen and oxygen atoms in total. The Morgan fingerprint density at radius 2 is 1.55 bits per heavy atom. The third kappa shape index (κ3) is 1.98. The first-order valence-corrected chi connectivity index (χ1v) is 7.50. The molecule has 0 N–H and O–H groups in total. The highest BCUT2D eigenvalue weighted by Crippen LogP contribution is 2.22. The summed E-state index contributed by atoms with van der Waals surface area (Å²) in [7, 11) is 0. The first-order chi connectivity index (χ1) is 9.79. The summed E-state index contributed by atoms with van der Waals surface area (Å²) < 4.78 is 3.33. The zero-order valence-corrected chi connectivity index (χ0v) is 12.8. The summed E-state index contributed by atoms with van der Waals surface area (Å²) in [4.78, 5) is 4.56. The number of fused-ring (bicyclic) bond motifs is 2. The van der Waals surface area contributed by atoms with Crippen LogP contribution in [0.3, 0.4) is 0 Å². The molecule has 2 aromatic heterocycles. The SMILES string of the molecule is Ic1ccc2cnc(-n3cc4ccccc4c3)cc2c1. The summed E-state index contributed by atoms with van der Waals surface area (Å²) in [6, 6.07) is 16.9. The van der Waals surface area contributed by atoms with Gasteiger partial charge in [-0.15, -0.1) is 0 Å². The lowest BCUT2D eigenvalue weighted by Gasteiger charge is -2.04. The van der Waals surface area contributed by atoms with Gasteiger partial charge in [-0.1, -0.05) is 30.3 Å². The lowest BCUT2D eigenvalue weighted by atomic mass is 10.2. The van der Waals surface area contributed by atoms with Gasteiger partial charge in [0, 0.05) is 27.5 Å². The number of halogens is 1. The first-order valence-electron chi connectivity index (χ1n) is 6.42. The fourth-order valence-corrected chi connectivity index (χ4v) is 2.97. The standard InChI is InChI=1S/C17H11IN2/c18-16-6-5-12-9-19-17(8-15(12)7-16)20-10-13-3-1-2-4-14(13)11-20/h1-11H. The Morgan fingerprint density at radius 1 is 0.800 bits per heavy atom. The number of pyridine rings is 1. The summed E-state index contributed by atoms with van der Waals surface area (Å²) in [5.41, 5.74) is 0. The molecule has 0 amide bonds. The average Bonchev–Trinajstić information content (AvgIpc) is 2.90. The molecule has 96 valence electrons. The number of benzene rings is 2. The average molecular weight is 370 g/mol. The lowest BCUT2D eigenvalue weighted by Crippen LogP contribution is -1.93. The molecule has 0 bridgehead atoms. The van der Waals surface area contributed by atoms with Crippen LogP contribution in [0.5, 0.6) is 0 Å². The van der Waals surface area contributed by atoms with E-state index in [0.717, 1.165) is 5.82 Å². The minimum absolute atomic E-state index is 0.954. The van der Waals surface area contributed by atoms with E-state index in [0.29, 0.717) is 0 Å². The summed E-state index contributed by atoms with van der Waals surface area (Å²) in [5.74, 6) is 0.954. The van der Waals surface area contributed by atoms with Gasteiger partial charge in [-0.3, -0.25) is 0 Å². The van der Waals surface area contributed by atoms with E-state index in [1.807, 2.05) is 6.20 Å². The van der Waals surface area contributed by atoms with Gasteiger partial charge in [0.15, 0.2) is 0 Å². The number of hydrogen-bond donors (Lipinski definition) is 0. The molecule has 2 aromatic carbocycles. The Labute approximate surface area is 130 Å². The molecule has 0 spiro atoms. The van der Waals surface area contributed by atoms with Crippen LogP contribution in [0.4, 0.5) is 0 Å². The highest BCUT2D eigenvalue weighted by molar-refractivity contribution is 14.1. The highest BCUT2D eigenvalue weighted by Gasteiger charge is 2.03. The molecule has 0 unspecified atom stereocenters. The highest BCUT2D eigenvalue weighted by atomic mass is 127. The molecule has 20 heavy (non-hydrogen) atoms. The number of hydrogen-bond acceptors (Lipinski definition) is 1. The zero-order valence-electron chi connectivity index (χ0n) is 10.6. The predicted octanol–water partition coefficient (Wildman–Crippen LogP) is 4.78. The molecule has 4 rings (SSSR count). The second-order valence-electron chi connectivity index (χ2n) is 4.83. The second-order valence-corrected chi connectivity index (χ2v) is 6.07. The van der Waals surface area contributed by atoms with Crippen LogP contribution in [-0.2, 0) is 0 Å². The molecule has 0 aliphatic carbocycles. The van der Waals surface area contributed by atoms with Crippen molar-refractivity contribution in [3.8, 4) is 5.82 Å². The van der Waals surface area contributed by atoms with Crippen LogP contribution >= 0.6 is 22.6 Å².